The zero-order chi connectivity index (χ0) is 21.6. The molecule has 1 saturated carbocycles. The first-order chi connectivity index (χ1) is 15.1. The summed E-state index contributed by atoms with van der Waals surface area (Å²) in [6, 6.07) is 13.6. The molecule has 1 N–H and O–H groups in total. The van der Waals surface area contributed by atoms with Crippen LogP contribution < -0.4 is 10.1 Å². The largest absolute Gasteiger partial charge is 0.483 e. The van der Waals surface area contributed by atoms with Gasteiger partial charge in [-0.3, -0.25) is 14.5 Å². The van der Waals surface area contributed by atoms with Crippen molar-refractivity contribution in [2.75, 3.05) is 38.1 Å². The highest BCUT2D eigenvalue weighted by molar-refractivity contribution is 5.97. The number of halogens is 1. The van der Waals surface area contributed by atoms with Crippen molar-refractivity contribution in [1.82, 2.24) is 9.80 Å². The quantitative estimate of drug-likeness (QED) is 0.769. The summed E-state index contributed by atoms with van der Waals surface area (Å²) in [6.07, 6.45) is 5.14. The Kier molecular flexibility index (Phi) is 6.82. The first-order valence-corrected chi connectivity index (χ1v) is 10.9. The smallest absolute Gasteiger partial charge is 0.262 e. The van der Waals surface area contributed by atoms with Crippen LogP contribution >= 0.6 is 0 Å². The summed E-state index contributed by atoms with van der Waals surface area (Å²) in [6.45, 7) is 2.86. The summed E-state index contributed by atoms with van der Waals surface area (Å²) in [5, 5.41) is 2.48. The second-order valence-corrected chi connectivity index (χ2v) is 8.08. The number of para-hydroxylation sites is 2. The number of hydrogen-bond donors (Lipinski definition) is 1. The van der Waals surface area contributed by atoms with E-state index in [0.717, 1.165) is 13.1 Å². The molecule has 0 bridgehead atoms. The standard InChI is InChI=1S/C24H28FN3O3/c25-20-10-4-5-11-21(20)26-23(29)17-31-22-12-6-3-9-19(22)24(30)28-15-13-27(14-16-28)18-7-1-2-8-18/h3-6,9-12,18H,1-2,7-8,13-17H2,(H,26,29). The van der Waals surface area contributed by atoms with Crippen LogP contribution in [-0.4, -0.2) is 60.4 Å². The molecule has 1 heterocycles. The Morgan fingerprint density at radius 2 is 1.65 bits per heavy atom. The number of carbonyl (C=O) groups excluding carboxylic acids is 2. The van der Waals surface area contributed by atoms with E-state index >= 15 is 0 Å². The Morgan fingerprint density at radius 1 is 0.968 bits per heavy atom. The van der Waals surface area contributed by atoms with Crippen molar-refractivity contribution in [1.29, 1.82) is 0 Å². The highest BCUT2D eigenvalue weighted by atomic mass is 19.1. The second kappa shape index (κ2) is 9.92. The average molecular weight is 426 g/mol. The van der Waals surface area contributed by atoms with E-state index in [9.17, 15) is 14.0 Å². The number of piperazine rings is 1. The molecule has 164 valence electrons. The molecule has 2 amide bonds. The van der Waals surface area contributed by atoms with Crippen LogP contribution in [-0.2, 0) is 4.79 Å². The fraction of sp³-hybridized carbons (Fsp3) is 0.417. The lowest BCUT2D eigenvalue weighted by atomic mass is 10.1. The number of carbonyl (C=O) groups is 2. The Labute approximate surface area is 182 Å². The maximum absolute atomic E-state index is 13.7. The SMILES string of the molecule is O=C(COc1ccccc1C(=O)N1CCN(C2CCCC2)CC1)Nc1ccccc1F. The molecule has 0 radical (unpaired) electrons. The summed E-state index contributed by atoms with van der Waals surface area (Å²) in [5.41, 5.74) is 0.538. The summed E-state index contributed by atoms with van der Waals surface area (Å²) >= 11 is 0. The Hall–Kier alpha value is -2.93. The molecule has 7 heteroatoms. The third-order valence-electron chi connectivity index (χ3n) is 6.07. The Balaban J connectivity index is 1.34. The van der Waals surface area contributed by atoms with Gasteiger partial charge in [0.05, 0.1) is 11.3 Å². The summed E-state index contributed by atoms with van der Waals surface area (Å²) < 4.78 is 19.3. The van der Waals surface area contributed by atoms with Gasteiger partial charge in [-0.25, -0.2) is 4.39 Å². The lowest BCUT2D eigenvalue weighted by molar-refractivity contribution is -0.118. The Morgan fingerprint density at radius 3 is 2.39 bits per heavy atom. The second-order valence-electron chi connectivity index (χ2n) is 8.08. The molecule has 0 aromatic heterocycles. The Bertz CT molecular complexity index is 922. The summed E-state index contributed by atoms with van der Waals surface area (Å²) in [7, 11) is 0. The van der Waals surface area contributed by atoms with E-state index < -0.39 is 11.7 Å². The van der Waals surface area contributed by atoms with E-state index in [4.69, 9.17) is 4.74 Å². The molecule has 6 nitrogen and oxygen atoms in total. The summed E-state index contributed by atoms with van der Waals surface area (Å²) in [4.78, 5) is 29.6. The molecule has 1 saturated heterocycles. The van der Waals surface area contributed by atoms with E-state index in [0.29, 0.717) is 30.4 Å². The van der Waals surface area contributed by atoms with Crippen molar-refractivity contribution in [3.05, 3.63) is 59.9 Å². The van der Waals surface area contributed by atoms with Gasteiger partial charge in [-0.1, -0.05) is 37.1 Å². The maximum atomic E-state index is 13.7. The summed E-state index contributed by atoms with van der Waals surface area (Å²) in [5.74, 6) is -0.730. The number of nitrogens with one attached hydrogen (secondary N) is 1. The zero-order valence-corrected chi connectivity index (χ0v) is 17.6. The van der Waals surface area contributed by atoms with Crippen molar-refractivity contribution < 1.29 is 18.7 Å². The lowest BCUT2D eigenvalue weighted by Gasteiger charge is -2.38. The number of anilines is 1. The number of rotatable bonds is 6. The van der Waals surface area contributed by atoms with Gasteiger partial charge in [-0.05, 0) is 37.1 Å². The lowest BCUT2D eigenvalue weighted by Crippen LogP contribution is -2.51. The van der Waals surface area contributed by atoms with E-state index in [1.54, 1.807) is 36.4 Å². The van der Waals surface area contributed by atoms with Crippen LogP contribution in [0.15, 0.2) is 48.5 Å². The third-order valence-corrected chi connectivity index (χ3v) is 6.07. The van der Waals surface area contributed by atoms with Crippen LogP contribution in [0.2, 0.25) is 0 Å². The van der Waals surface area contributed by atoms with Gasteiger partial charge in [-0.15, -0.1) is 0 Å². The van der Waals surface area contributed by atoms with Gasteiger partial charge < -0.3 is 15.0 Å². The predicted octanol–water partition coefficient (Wildman–Crippen LogP) is 3.54. The van der Waals surface area contributed by atoms with E-state index in [-0.39, 0.29) is 18.2 Å². The van der Waals surface area contributed by atoms with Crippen molar-refractivity contribution >= 4 is 17.5 Å². The highest BCUT2D eigenvalue weighted by Crippen LogP contribution is 2.26. The van der Waals surface area contributed by atoms with Crippen LogP contribution in [0.5, 0.6) is 5.75 Å². The van der Waals surface area contributed by atoms with E-state index in [1.165, 1.54) is 37.8 Å². The molecule has 2 aromatic rings. The van der Waals surface area contributed by atoms with Crippen LogP contribution in [0.4, 0.5) is 10.1 Å². The number of amides is 2. The average Bonchev–Trinajstić information content (AvgIpc) is 3.34. The fourth-order valence-electron chi connectivity index (χ4n) is 4.39. The topological polar surface area (TPSA) is 61.9 Å². The fourth-order valence-corrected chi connectivity index (χ4v) is 4.39. The van der Waals surface area contributed by atoms with Crippen LogP contribution in [0.3, 0.4) is 0 Å². The molecule has 0 atom stereocenters. The van der Waals surface area contributed by atoms with Gasteiger partial charge >= 0.3 is 0 Å². The maximum Gasteiger partial charge on any atom is 0.262 e. The minimum absolute atomic E-state index is 0.0869. The number of hydrogen-bond acceptors (Lipinski definition) is 4. The van der Waals surface area contributed by atoms with Crippen LogP contribution in [0.25, 0.3) is 0 Å². The van der Waals surface area contributed by atoms with Crippen LogP contribution in [0.1, 0.15) is 36.0 Å². The number of nitrogens with zero attached hydrogens (tertiary/aromatic N) is 2. The molecule has 0 unspecified atom stereocenters. The minimum atomic E-state index is -0.511. The van der Waals surface area contributed by atoms with Gasteiger partial charge in [0.2, 0.25) is 0 Å². The van der Waals surface area contributed by atoms with Crippen molar-refractivity contribution in [2.24, 2.45) is 0 Å². The number of ether oxygens (including phenoxy) is 1. The molecule has 2 aliphatic rings. The minimum Gasteiger partial charge on any atom is -0.483 e. The van der Waals surface area contributed by atoms with Gasteiger partial charge in [0.1, 0.15) is 11.6 Å². The predicted molar refractivity (Wildman–Crippen MR) is 117 cm³/mol. The van der Waals surface area contributed by atoms with Gasteiger partial charge in [-0.2, -0.15) is 0 Å². The number of benzene rings is 2. The van der Waals surface area contributed by atoms with Gasteiger partial charge in [0, 0.05) is 32.2 Å². The molecule has 4 rings (SSSR count). The van der Waals surface area contributed by atoms with Crippen molar-refractivity contribution in [3.63, 3.8) is 0 Å². The zero-order valence-electron chi connectivity index (χ0n) is 17.6. The first-order valence-electron chi connectivity index (χ1n) is 10.9. The van der Waals surface area contributed by atoms with E-state index in [1.807, 2.05) is 4.90 Å². The molecular weight excluding hydrogens is 397 g/mol. The van der Waals surface area contributed by atoms with Crippen molar-refractivity contribution in [3.8, 4) is 5.75 Å². The molecular formula is C24H28FN3O3. The first kappa shape index (κ1) is 21.3. The molecule has 0 spiro atoms. The third kappa shape index (κ3) is 5.22. The molecule has 31 heavy (non-hydrogen) atoms. The highest BCUT2D eigenvalue weighted by Gasteiger charge is 2.29. The normalized spacial score (nSPS) is 17.5. The van der Waals surface area contributed by atoms with Gasteiger partial charge in [0.25, 0.3) is 11.8 Å². The van der Waals surface area contributed by atoms with E-state index in [2.05, 4.69) is 10.2 Å². The molecule has 2 fully saturated rings. The van der Waals surface area contributed by atoms with Gasteiger partial charge in [0.15, 0.2) is 6.61 Å². The van der Waals surface area contributed by atoms with Crippen molar-refractivity contribution in [2.45, 2.75) is 31.7 Å². The monoisotopic (exact) mass is 425 g/mol. The molecule has 1 aliphatic carbocycles. The van der Waals surface area contributed by atoms with Crippen LogP contribution in [0, 0.1) is 5.82 Å². The molecule has 1 aliphatic heterocycles. The molecule has 2 aromatic carbocycles.